The van der Waals surface area contributed by atoms with Crippen molar-refractivity contribution in [1.82, 2.24) is 5.32 Å². The Labute approximate surface area is 148 Å². The molecule has 0 saturated heterocycles. The number of benzene rings is 2. The second-order valence-electron chi connectivity index (χ2n) is 5.41. The van der Waals surface area contributed by atoms with Gasteiger partial charge in [-0.15, -0.1) is 0 Å². The smallest absolute Gasteiger partial charge is 0.244 e. The normalized spacial score (nSPS) is 11.8. The first-order chi connectivity index (χ1) is 12.1. The van der Waals surface area contributed by atoms with Crippen LogP contribution in [0.15, 0.2) is 48.5 Å². The Bertz CT molecular complexity index is 755. The van der Waals surface area contributed by atoms with Crippen LogP contribution in [-0.4, -0.2) is 27.2 Å². The SMILES string of the molecule is COc1ccc(OC)c(C(C)NC(=O)/C=C/c2ccccc2OC)c1. The minimum atomic E-state index is -0.236. The molecule has 0 aliphatic carbocycles. The van der Waals surface area contributed by atoms with Gasteiger partial charge in [0.25, 0.3) is 0 Å². The molecule has 1 unspecified atom stereocenters. The van der Waals surface area contributed by atoms with Gasteiger partial charge < -0.3 is 19.5 Å². The number of ether oxygens (including phenoxy) is 3. The summed E-state index contributed by atoms with van der Waals surface area (Å²) in [5.41, 5.74) is 1.69. The fourth-order valence-electron chi connectivity index (χ4n) is 2.49. The Balaban J connectivity index is 2.11. The fraction of sp³-hybridized carbons (Fsp3) is 0.250. The van der Waals surface area contributed by atoms with Gasteiger partial charge in [-0.05, 0) is 37.3 Å². The van der Waals surface area contributed by atoms with E-state index in [-0.39, 0.29) is 11.9 Å². The van der Waals surface area contributed by atoms with E-state index < -0.39 is 0 Å². The van der Waals surface area contributed by atoms with Crippen molar-refractivity contribution in [2.24, 2.45) is 0 Å². The number of carbonyl (C=O) groups excluding carboxylic acids is 1. The van der Waals surface area contributed by atoms with E-state index in [2.05, 4.69) is 5.32 Å². The molecular weight excluding hydrogens is 318 g/mol. The van der Waals surface area contributed by atoms with Crippen LogP contribution in [0.1, 0.15) is 24.1 Å². The van der Waals surface area contributed by atoms with Gasteiger partial charge in [0.05, 0.1) is 27.4 Å². The molecule has 0 spiro atoms. The molecule has 0 fully saturated rings. The van der Waals surface area contributed by atoms with Crippen molar-refractivity contribution in [1.29, 1.82) is 0 Å². The Hall–Kier alpha value is -2.95. The van der Waals surface area contributed by atoms with Crippen molar-refractivity contribution in [2.45, 2.75) is 13.0 Å². The van der Waals surface area contributed by atoms with E-state index in [4.69, 9.17) is 14.2 Å². The number of hydrogen-bond donors (Lipinski definition) is 1. The summed E-state index contributed by atoms with van der Waals surface area (Å²) in [6, 6.07) is 12.8. The third-order valence-corrected chi connectivity index (χ3v) is 3.82. The summed E-state index contributed by atoms with van der Waals surface area (Å²) in [5, 5.41) is 2.93. The molecular formula is C20H23NO4. The van der Waals surface area contributed by atoms with E-state index in [9.17, 15) is 4.79 Å². The lowest BCUT2D eigenvalue weighted by molar-refractivity contribution is -0.117. The van der Waals surface area contributed by atoms with E-state index >= 15 is 0 Å². The zero-order valence-corrected chi connectivity index (χ0v) is 14.9. The molecule has 1 atom stereocenters. The number of carbonyl (C=O) groups is 1. The highest BCUT2D eigenvalue weighted by atomic mass is 16.5. The van der Waals surface area contributed by atoms with Gasteiger partial charge in [0, 0.05) is 17.2 Å². The molecule has 1 amide bonds. The van der Waals surface area contributed by atoms with Crippen LogP contribution in [0.25, 0.3) is 6.08 Å². The van der Waals surface area contributed by atoms with Gasteiger partial charge in [-0.3, -0.25) is 4.79 Å². The van der Waals surface area contributed by atoms with Crippen LogP contribution in [0, 0.1) is 0 Å². The third kappa shape index (κ3) is 4.76. The number of rotatable bonds is 7. The van der Waals surface area contributed by atoms with Gasteiger partial charge >= 0.3 is 0 Å². The zero-order chi connectivity index (χ0) is 18.2. The van der Waals surface area contributed by atoms with Crippen molar-refractivity contribution < 1.29 is 19.0 Å². The molecule has 2 rings (SSSR count). The van der Waals surface area contributed by atoms with Crippen molar-refractivity contribution >= 4 is 12.0 Å². The molecule has 25 heavy (non-hydrogen) atoms. The molecule has 132 valence electrons. The second-order valence-corrected chi connectivity index (χ2v) is 5.41. The topological polar surface area (TPSA) is 56.8 Å². The Morgan fingerprint density at radius 3 is 2.40 bits per heavy atom. The summed E-state index contributed by atoms with van der Waals surface area (Å²) >= 11 is 0. The van der Waals surface area contributed by atoms with Crippen molar-refractivity contribution in [3.63, 3.8) is 0 Å². The Morgan fingerprint density at radius 1 is 1.00 bits per heavy atom. The van der Waals surface area contributed by atoms with Crippen LogP contribution in [-0.2, 0) is 4.79 Å². The molecule has 0 aromatic heterocycles. The number of nitrogens with one attached hydrogen (secondary N) is 1. The second kappa shape index (κ2) is 8.78. The summed E-state index contributed by atoms with van der Waals surface area (Å²) < 4.78 is 15.9. The minimum absolute atomic E-state index is 0.205. The first-order valence-electron chi connectivity index (χ1n) is 7.92. The molecule has 0 aliphatic heterocycles. The third-order valence-electron chi connectivity index (χ3n) is 3.82. The van der Waals surface area contributed by atoms with Crippen LogP contribution in [0.4, 0.5) is 0 Å². The van der Waals surface area contributed by atoms with Crippen LogP contribution in [0.3, 0.4) is 0 Å². The Morgan fingerprint density at radius 2 is 1.72 bits per heavy atom. The molecule has 2 aromatic rings. The van der Waals surface area contributed by atoms with Crippen LogP contribution >= 0.6 is 0 Å². The molecule has 5 heteroatoms. The zero-order valence-electron chi connectivity index (χ0n) is 14.9. The van der Waals surface area contributed by atoms with E-state index in [1.165, 1.54) is 6.08 Å². The van der Waals surface area contributed by atoms with E-state index in [0.29, 0.717) is 17.2 Å². The standard InChI is InChI=1S/C20H23NO4/c1-14(17-13-16(23-2)10-11-19(17)25-4)21-20(22)12-9-15-7-5-6-8-18(15)24-3/h5-14H,1-4H3,(H,21,22)/b12-9+. The summed E-state index contributed by atoms with van der Waals surface area (Å²) in [6.07, 6.45) is 3.21. The van der Waals surface area contributed by atoms with Gasteiger partial charge in [0.2, 0.25) is 5.91 Å². The lowest BCUT2D eigenvalue weighted by atomic mass is 10.1. The lowest BCUT2D eigenvalue weighted by Gasteiger charge is -2.17. The van der Waals surface area contributed by atoms with Gasteiger partial charge in [0.15, 0.2) is 0 Å². The molecule has 0 bridgehead atoms. The lowest BCUT2D eigenvalue weighted by Crippen LogP contribution is -2.25. The highest BCUT2D eigenvalue weighted by Crippen LogP contribution is 2.29. The molecule has 0 heterocycles. The number of methoxy groups -OCH3 is 3. The largest absolute Gasteiger partial charge is 0.497 e. The average Bonchev–Trinajstić information content (AvgIpc) is 2.65. The first-order valence-corrected chi connectivity index (χ1v) is 7.92. The molecule has 0 saturated carbocycles. The van der Waals surface area contributed by atoms with E-state index in [1.54, 1.807) is 27.4 Å². The summed E-state index contributed by atoms with van der Waals surface area (Å²) in [7, 11) is 4.80. The van der Waals surface area contributed by atoms with Gasteiger partial charge in [-0.2, -0.15) is 0 Å². The highest BCUT2D eigenvalue weighted by molar-refractivity contribution is 5.92. The molecule has 5 nitrogen and oxygen atoms in total. The van der Waals surface area contributed by atoms with Crippen LogP contribution in [0.5, 0.6) is 17.2 Å². The maximum atomic E-state index is 12.2. The number of para-hydroxylation sites is 1. The number of hydrogen-bond acceptors (Lipinski definition) is 4. The van der Waals surface area contributed by atoms with E-state index in [1.807, 2.05) is 49.4 Å². The molecule has 0 aliphatic rings. The van der Waals surface area contributed by atoms with Gasteiger partial charge in [-0.25, -0.2) is 0 Å². The summed E-state index contributed by atoms with van der Waals surface area (Å²) in [4.78, 5) is 12.2. The summed E-state index contributed by atoms with van der Waals surface area (Å²) in [6.45, 7) is 1.89. The number of amides is 1. The van der Waals surface area contributed by atoms with Crippen LogP contribution < -0.4 is 19.5 Å². The Kier molecular flexibility index (Phi) is 6.46. The van der Waals surface area contributed by atoms with Crippen molar-refractivity contribution in [3.8, 4) is 17.2 Å². The molecule has 1 N–H and O–H groups in total. The van der Waals surface area contributed by atoms with Crippen molar-refractivity contribution in [2.75, 3.05) is 21.3 Å². The van der Waals surface area contributed by atoms with Crippen molar-refractivity contribution in [3.05, 3.63) is 59.7 Å². The quantitative estimate of drug-likeness (QED) is 0.782. The predicted octanol–water partition coefficient (Wildman–Crippen LogP) is 3.60. The first kappa shape index (κ1) is 18.4. The summed E-state index contributed by atoms with van der Waals surface area (Å²) in [5.74, 6) is 1.92. The maximum absolute atomic E-state index is 12.2. The predicted molar refractivity (Wildman–Crippen MR) is 98.1 cm³/mol. The van der Waals surface area contributed by atoms with Gasteiger partial charge in [0.1, 0.15) is 17.2 Å². The monoisotopic (exact) mass is 341 g/mol. The maximum Gasteiger partial charge on any atom is 0.244 e. The highest BCUT2D eigenvalue weighted by Gasteiger charge is 2.14. The fourth-order valence-corrected chi connectivity index (χ4v) is 2.49. The van der Waals surface area contributed by atoms with Crippen LogP contribution in [0.2, 0.25) is 0 Å². The average molecular weight is 341 g/mol. The molecule has 2 aromatic carbocycles. The molecule has 0 radical (unpaired) electrons. The minimum Gasteiger partial charge on any atom is -0.497 e. The van der Waals surface area contributed by atoms with Gasteiger partial charge in [-0.1, -0.05) is 18.2 Å². The van der Waals surface area contributed by atoms with E-state index in [0.717, 1.165) is 11.1 Å².